The first-order valence-electron chi connectivity index (χ1n) is 6.94. The maximum absolute atomic E-state index is 12.2. The number of benzene rings is 1. The van der Waals surface area contributed by atoms with E-state index < -0.39 is 0 Å². The molecule has 2 heterocycles. The van der Waals surface area contributed by atoms with Gasteiger partial charge in [-0.2, -0.15) is 5.10 Å². The first-order valence-corrected chi connectivity index (χ1v) is 6.94. The summed E-state index contributed by atoms with van der Waals surface area (Å²) in [7, 11) is 0. The Morgan fingerprint density at radius 3 is 2.95 bits per heavy atom. The van der Waals surface area contributed by atoms with Gasteiger partial charge in [0.1, 0.15) is 5.75 Å². The summed E-state index contributed by atoms with van der Waals surface area (Å²) in [4.78, 5) is 13.9. The molecule has 0 aliphatic carbocycles. The number of anilines is 2. The first-order chi connectivity index (χ1) is 10.1. The minimum Gasteiger partial charge on any atom is -0.481 e. The lowest BCUT2D eigenvalue weighted by molar-refractivity contribution is -0.121. The number of fused-ring (bicyclic) bond motifs is 1. The Morgan fingerprint density at radius 2 is 2.19 bits per heavy atom. The number of nitrogens with zero attached hydrogens (tertiary/aromatic N) is 3. The summed E-state index contributed by atoms with van der Waals surface area (Å²) in [6.45, 7) is 5.27. The van der Waals surface area contributed by atoms with Crippen molar-refractivity contribution in [1.82, 2.24) is 9.78 Å². The van der Waals surface area contributed by atoms with Crippen LogP contribution in [0, 0.1) is 6.92 Å². The Morgan fingerprint density at radius 1 is 1.38 bits per heavy atom. The molecule has 0 radical (unpaired) electrons. The molecule has 1 amide bonds. The van der Waals surface area contributed by atoms with Gasteiger partial charge in [0.05, 0.1) is 23.6 Å². The van der Waals surface area contributed by atoms with Crippen molar-refractivity contribution in [2.75, 3.05) is 17.2 Å². The fraction of sp³-hybridized carbons (Fsp3) is 0.333. The lowest BCUT2D eigenvalue weighted by atomic mass is 10.2. The van der Waals surface area contributed by atoms with E-state index in [0.29, 0.717) is 18.0 Å². The SMILES string of the molecule is CCn1nc(C)cc1CN1C(=O)COc2cc(N)ccc21. The Hall–Kier alpha value is -2.50. The highest BCUT2D eigenvalue weighted by atomic mass is 16.5. The van der Waals surface area contributed by atoms with Gasteiger partial charge in [0.25, 0.3) is 5.91 Å². The number of carbonyl (C=O) groups is 1. The van der Waals surface area contributed by atoms with E-state index in [-0.39, 0.29) is 12.5 Å². The van der Waals surface area contributed by atoms with Gasteiger partial charge in [-0.25, -0.2) is 0 Å². The zero-order valence-electron chi connectivity index (χ0n) is 12.2. The molecule has 21 heavy (non-hydrogen) atoms. The largest absolute Gasteiger partial charge is 0.481 e. The Kier molecular flexibility index (Phi) is 3.29. The number of nitrogens with two attached hydrogens (primary N) is 1. The van der Waals surface area contributed by atoms with Crippen LogP contribution in [0.25, 0.3) is 0 Å². The maximum Gasteiger partial charge on any atom is 0.265 e. The number of hydrogen-bond donors (Lipinski definition) is 1. The third-order valence-corrected chi connectivity index (χ3v) is 3.53. The van der Waals surface area contributed by atoms with Crippen LogP contribution in [0.3, 0.4) is 0 Å². The van der Waals surface area contributed by atoms with Crippen molar-refractivity contribution in [3.8, 4) is 5.75 Å². The third kappa shape index (κ3) is 2.44. The van der Waals surface area contributed by atoms with Crippen LogP contribution in [-0.4, -0.2) is 22.3 Å². The standard InChI is InChI=1S/C15H18N4O2/c1-3-19-12(6-10(2)17-19)8-18-13-5-4-11(16)7-14(13)21-9-15(18)20/h4-7H,3,8-9,16H2,1-2H3. The van der Waals surface area contributed by atoms with E-state index >= 15 is 0 Å². The number of aromatic nitrogens is 2. The summed E-state index contributed by atoms with van der Waals surface area (Å²) < 4.78 is 7.36. The topological polar surface area (TPSA) is 73.4 Å². The molecule has 0 saturated carbocycles. The van der Waals surface area contributed by atoms with Gasteiger partial charge >= 0.3 is 0 Å². The summed E-state index contributed by atoms with van der Waals surface area (Å²) in [6.07, 6.45) is 0. The lowest BCUT2D eigenvalue weighted by Crippen LogP contribution is -2.38. The van der Waals surface area contributed by atoms with Crippen LogP contribution in [0.2, 0.25) is 0 Å². The van der Waals surface area contributed by atoms with E-state index in [1.807, 2.05) is 30.7 Å². The second-order valence-electron chi connectivity index (χ2n) is 5.09. The molecule has 1 aliphatic heterocycles. The number of hydrogen-bond acceptors (Lipinski definition) is 4. The van der Waals surface area contributed by atoms with Crippen molar-refractivity contribution in [3.63, 3.8) is 0 Å². The number of carbonyl (C=O) groups excluding carboxylic acids is 1. The summed E-state index contributed by atoms with van der Waals surface area (Å²) in [5.41, 5.74) is 9.10. The van der Waals surface area contributed by atoms with E-state index in [2.05, 4.69) is 5.10 Å². The van der Waals surface area contributed by atoms with E-state index in [4.69, 9.17) is 10.5 Å². The fourth-order valence-corrected chi connectivity index (χ4v) is 2.56. The van der Waals surface area contributed by atoms with Gasteiger partial charge in [-0.1, -0.05) is 0 Å². The van der Waals surface area contributed by atoms with Crippen LogP contribution in [0.4, 0.5) is 11.4 Å². The summed E-state index contributed by atoms with van der Waals surface area (Å²) >= 11 is 0. The van der Waals surface area contributed by atoms with Crippen LogP contribution >= 0.6 is 0 Å². The zero-order chi connectivity index (χ0) is 15.0. The predicted molar refractivity (Wildman–Crippen MR) is 80.2 cm³/mol. The van der Waals surface area contributed by atoms with Gasteiger partial charge in [-0.3, -0.25) is 14.4 Å². The summed E-state index contributed by atoms with van der Waals surface area (Å²) in [6, 6.07) is 7.34. The van der Waals surface area contributed by atoms with Crippen molar-refractivity contribution >= 4 is 17.3 Å². The monoisotopic (exact) mass is 286 g/mol. The maximum atomic E-state index is 12.2. The molecule has 1 aliphatic rings. The van der Waals surface area contributed by atoms with Gasteiger partial charge in [0.2, 0.25) is 0 Å². The van der Waals surface area contributed by atoms with Crippen molar-refractivity contribution < 1.29 is 9.53 Å². The normalized spacial score (nSPS) is 14.0. The van der Waals surface area contributed by atoms with Crippen molar-refractivity contribution in [1.29, 1.82) is 0 Å². The van der Waals surface area contributed by atoms with E-state index in [9.17, 15) is 4.79 Å². The molecule has 0 fully saturated rings. The van der Waals surface area contributed by atoms with Crippen molar-refractivity contribution in [2.24, 2.45) is 0 Å². The number of aryl methyl sites for hydroxylation is 2. The van der Waals surface area contributed by atoms with Gasteiger partial charge in [0, 0.05) is 18.3 Å². The number of amides is 1. The molecular formula is C15H18N4O2. The van der Waals surface area contributed by atoms with E-state index in [1.54, 1.807) is 17.0 Å². The number of rotatable bonds is 3. The molecule has 1 aromatic carbocycles. The van der Waals surface area contributed by atoms with Gasteiger partial charge < -0.3 is 10.5 Å². The predicted octanol–water partition coefficient (Wildman–Crippen LogP) is 1.72. The second kappa shape index (κ2) is 5.12. The number of nitrogen functional groups attached to an aromatic ring is 1. The molecular weight excluding hydrogens is 268 g/mol. The summed E-state index contributed by atoms with van der Waals surface area (Å²) in [5.74, 6) is 0.586. The zero-order valence-corrected chi connectivity index (χ0v) is 12.2. The smallest absolute Gasteiger partial charge is 0.265 e. The molecule has 110 valence electrons. The van der Waals surface area contributed by atoms with Crippen LogP contribution in [0.5, 0.6) is 5.75 Å². The van der Waals surface area contributed by atoms with Gasteiger partial charge in [-0.05, 0) is 32.0 Å². The quantitative estimate of drug-likeness (QED) is 0.872. The Bertz CT molecular complexity index is 693. The molecule has 0 saturated heterocycles. The average molecular weight is 286 g/mol. The molecule has 6 nitrogen and oxygen atoms in total. The van der Waals surface area contributed by atoms with E-state index in [0.717, 1.165) is 23.6 Å². The Balaban J connectivity index is 1.96. The highest BCUT2D eigenvalue weighted by Crippen LogP contribution is 2.34. The van der Waals surface area contributed by atoms with Crippen LogP contribution in [-0.2, 0) is 17.9 Å². The van der Waals surface area contributed by atoms with Crippen LogP contribution < -0.4 is 15.4 Å². The van der Waals surface area contributed by atoms with Crippen molar-refractivity contribution in [3.05, 3.63) is 35.7 Å². The van der Waals surface area contributed by atoms with Gasteiger partial charge in [0.15, 0.2) is 6.61 Å². The van der Waals surface area contributed by atoms with Crippen molar-refractivity contribution in [2.45, 2.75) is 26.9 Å². The Labute approximate surface area is 123 Å². The van der Waals surface area contributed by atoms with Crippen LogP contribution in [0.15, 0.2) is 24.3 Å². The minimum atomic E-state index is -0.0613. The molecule has 6 heteroatoms. The molecule has 0 bridgehead atoms. The highest BCUT2D eigenvalue weighted by Gasteiger charge is 2.26. The second-order valence-corrected chi connectivity index (χ2v) is 5.09. The van der Waals surface area contributed by atoms with E-state index in [1.165, 1.54) is 0 Å². The molecule has 3 rings (SSSR count). The summed E-state index contributed by atoms with van der Waals surface area (Å²) in [5, 5.41) is 4.42. The number of ether oxygens (including phenoxy) is 1. The fourth-order valence-electron chi connectivity index (χ4n) is 2.56. The molecule has 0 unspecified atom stereocenters. The molecule has 0 spiro atoms. The van der Waals surface area contributed by atoms with Gasteiger partial charge in [-0.15, -0.1) is 0 Å². The molecule has 1 aromatic heterocycles. The van der Waals surface area contributed by atoms with Crippen LogP contribution in [0.1, 0.15) is 18.3 Å². The molecule has 0 atom stereocenters. The highest BCUT2D eigenvalue weighted by molar-refractivity contribution is 5.98. The third-order valence-electron chi connectivity index (χ3n) is 3.53. The first kappa shape index (κ1) is 13.5. The minimum absolute atomic E-state index is 0.0374. The average Bonchev–Trinajstić information content (AvgIpc) is 2.82. The molecule has 2 aromatic rings. The lowest BCUT2D eigenvalue weighted by Gasteiger charge is -2.29. The molecule has 2 N–H and O–H groups in total.